The summed E-state index contributed by atoms with van der Waals surface area (Å²) in [6.45, 7) is 0. The third-order valence-electron chi connectivity index (χ3n) is 11.0. The van der Waals surface area contributed by atoms with Crippen molar-refractivity contribution in [2.45, 2.75) is 9.79 Å². The molecule has 0 unspecified atom stereocenters. The minimum atomic E-state index is -0.240. The number of aliphatic imine (C=N–C) groups is 2. The molecule has 3 aliphatic heterocycles. The molecular formula is C56H37N5O4S. The number of carbonyl (C=O) groups excluding carboxylic acids is 2. The molecule has 3 aliphatic rings. The molecule has 0 radical (unpaired) electrons. The number of carbonyl (C=O) groups is 2. The fourth-order valence-electron chi connectivity index (χ4n) is 7.84. The summed E-state index contributed by atoms with van der Waals surface area (Å²) in [5.41, 5.74) is 7.04. The van der Waals surface area contributed by atoms with Gasteiger partial charge in [0, 0.05) is 20.9 Å². The lowest BCUT2D eigenvalue weighted by atomic mass is 10.1. The zero-order chi connectivity index (χ0) is 44.4. The quantitative estimate of drug-likeness (QED) is 0.138. The average Bonchev–Trinajstić information content (AvgIpc) is 3.87. The molecule has 0 bridgehead atoms. The Morgan fingerprint density at radius 3 is 1.18 bits per heavy atom. The predicted octanol–water partition coefficient (Wildman–Crippen LogP) is 13.1. The summed E-state index contributed by atoms with van der Waals surface area (Å²) in [6, 6.07) is 65.7. The van der Waals surface area contributed by atoms with Crippen LogP contribution in [0.15, 0.2) is 237 Å². The molecule has 316 valence electrons. The molecule has 0 aliphatic carbocycles. The van der Waals surface area contributed by atoms with Crippen LogP contribution in [-0.4, -0.2) is 23.5 Å². The molecule has 0 saturated heterocycles. The van der Waals surface area contributed by atoms with Crippen LogP contribution in [0.3, 0.4) is 0 Å². The lowest BCUT2D eigenvalue weighted by Gasteiger charge is -2.26. The molecule has 0 saturated carbocycles. The lowest BCUT2D eigenvalue weighted by Crippen LogP contribution is -2.32. The summed E-state index contributed by atoms with van der Waals surface area (Å²) in [5, 5.41) is 3.58. The molecule has 0 atom stereocenters. The summed E-state index contributed by atoms with van der Waals surface area (Å²) in [4.78, 5) is 43.8. The minimum absolute atomic E-state index is 0.240. The summed E-state index contributed by atoms with van der Waals surface area (Å²) >= 11 is 1.56. The highest BCUT2D eigenvalue weighted by atomic mass is 32.2. The van der Waals surface area contributed by atoms with Crippen LogP contribution in [-0.2, 0) is 9.59 Å². The third-order valence-corrected chi connectivity index (χ3v) is 12.2. The van der Waals surface area contributed by atoms with E-state index in [1.54, 1.807) is 33.7 Å². The lowest BCUT2D eigenvalue weighted by molar-refractivity contribution is -0.114. The van der Waals surface area contributed by atoms with Gasteiger partial charge in [-0.1, -0.05) is 133 Å². The molecule has 0 aromatic heterocycles. The van der Waals surface area contributed by atoms with Crippen LogP contribution in [0.25, 0.3) is 12.2 Å². The van der Waals surface area contributed by atoms with Crippen molar-refractivity contribution in [3.05, 3.63) is 240 Å². The molecule has 9 nitrogen and oxygen atoms in total. The summed E-state index contributed by atoms with van der Waals surface area (Å²) in [5.74, 6) is 3.46. The fourth-order valence-corrected chi connectivity index (χ4v) is 8.90. The van der Waals surface area contributed by atoms with Crippen molar-refractivity contribution < 1.29 is 19.1 Å². The Labute approximate surface area is 385 Å². The predicted molar refractivity (Wildman–Crippen MR) is 263 cm³/mol. The number of ether oxygens (including phenoxy) is 2. The Morgan fingerprint density at radius 2 is 0.788 bits per heavy atom. The Bertz CT molecular complexity index is 3050. The van der Waals surface area contributed by atoms with Crippen molar-refractivity contribution in [2.24, 2.45) is 9.98 Å². The minimum Gasteiger partial charge on any atom is -0.457 e. The first-order valence-electron chi connectivity index (χ1n) is 21.3. The van der Waals surface area contributed by atoms with Crippen molar-refractivity contribution >= 4 is 70.1 Å². The van der Waals surface area contributed by atoms with E-state index in [2.05, 4.69) is 5.32 Å². The normalized spacial score (nSPS) is 15.3. The SMILES string of the molecule is O=C1/C(=C/c2ccc(Oc3ccccc3)cc2)N=C(c2ccccc2)N1c1ccc2c(c1)Sc1cc(N3C(=O)/C(=C/c4ccc(Oc5ccccc5)cc4)N=C3c3ccccc3)ccc1N2. The van der Waals surface area contributed by atoms with Gasteiger partial charge in [0.25, 0.3) is 11.8 Å². The fraction of sp³-hybridized carbons (Fsp3) is 0. The van der Waals surface area contributed by atoms with Crippen LogP contribution in [0, 0.1) is 0 Å². The first-order chi connectivity index (χ1) is 32.5. The van der Waals surface area contributed by atoms with Gasteiger partial charge in [0.1, 0.15) is 46.1 Å². The van der Waals surface area contributed by atoms with E-state index < -0.39 is 0 Å². The number of nitrogens with zero attached hydrogens (tertiary/aromatic N) is 4. The first-order valence-corrected chi connectivity index (χ1v) is 22.1. The number of amides is 2. The maximum atomic E-state index is 14.4. The number of fused-ring (bicyclic) bond motifs is 2. The van der Waals surface area contributed by atoms with Crippen molar-refractivity contribution in [2.75, 3.05) is 15.1 Å². The number of para-hydroxylation sites is 2. The third kappa shape index (κ3) is 8.16. The standard InChI is InChI=1S/C56H37N5O4S/c62-55-49(33-37-21-27-45(28-22-37)64-43-17-9-3-10-18-43)58-53(39-13-5-1-6-14-39)60(55)41-25-31-47-51(35-41)66-52-36-42(26-32-48(52)57-47)61-54(40-15-7-2-8-16-40)59-50(56(61)63)34-38-23-29-46(30-24-38)65-44-19-11-4-12-20-44/h1-36,57H/b49-33-,50-34-. The van der Waals surface area contributed by atoms with Gasteiger partial charge in [-0.2, -0.15) is 0 Å². The van der Waals surface area contributed by atoms with Crippen LogP contribution >= 0.6 is 11.8 Å². The number of hydrogen-bond donors (Lipinski definition) is 1. The monoisotopic (exact) mass is 875 g/mol. The maximum absolute atomic E-state index is 14.4. The second kappa shape index (κ2) is 17.4. The van der Waals surface area contributed by atoms with Gasteiger partial charge in [-0.3, -0.25) is 19.4 Å². The van der Waals surface area contributed by atoms with E-state index in [0.29, 0.717) is 45.9 Å². The highest BCUT2D eigenvalue weighted by molar-refractivity contribution is 7.99. The van der Waals surface area contributed by atoms with Crippen molar-refractivity contribution in [1.29, 1.82) is 0 Å². The van der Waals surface area contributed by atoms with Crippen molar-refractivity contribution in [3.63, 3.8) is 0 Å². The van der Waals surface area contributed by atoms with Gasteiger partial charge in [-0.25, -0.2) is 9.98 Å². The molecule has 3 heterocycles. The van der Waals surface area contributed by atoms with Crippen LogP contribution in [0.2, 0.25) is 0 Å². The van der Waals surface area contributed by atoms with Crippen LogP contribution in [0.4, 0.5) is 22.7 Å². The molecule has 8 aromatic rings. The zero-order valence-electron chi connectivity index (χ0n) is 35.1. The molecule has 2 amide bonds. The number of nitrogens with one attached hydrogen (secondary N) is 1. The number of hydrogen-bond acceptors (Lipinski definition) is 8. The van der Waals surface area contributed by atoms with E-state index in [-0.39, 0.29) is 11.8 Å². The van der Waals surface area contributed by atoms with Gasteiger partial charge in [0.05, 0.1) is 22.7 Å². The highest BCUT2D eigenvalue weighted by Gasteiger charge is 2.35. The first kappa shape index (κ1) is 40.1. The van der Waals surface area contributed by atoms with Crippen molar-refractivity contribution in [3.8, 4) is 23.0 Å². The molecule has 11 rings (SSSR count). The number of amidine groups is 2. The van der Waals surface area contributed by atoms with E-state index in [0.717, 1.165) is 54.9 Å². The number of anilines is 4. The average molecular weight is 876 g/mol. The Hall–Kier alpha value is -8.73. The van der Waals surface area contributed by atoms with Crippen LogP contribution in [0.5, 0.6) is 23.0 Å². The molecule has 0 spiro atoms. The number of benzene rings is 8. The van der Waals surface area contributed by atoms with E-state index in [1.807, 2.05) is 206 Å². The summed E-state index contributed by atoms with van der Waals surface area (Å²) in [6.07, 6.45) is 3.60. The Kier molecular flexibility index (Phi) is 10.6. The Morgan fingerprint density at radius 1 is 0.424 bits per heavy atom. The van der Waals surface area contributed by atoms with Gasteiger partial charge in [-0.15, -0.1) is 0 Å². The topological polar surface area (TPSA) is 95.8 Å². The second-order valence-corrected chi connectivity index (χ2v) is 16.6. The van der Waals surface area contributed by atoms with Gasteiger partial charge < -0.3 is 14.8 Å². The number of rotatable bonds is 10. The van der Waals surface area contributed by atoms with Gasteiger partial charge in [0.15, 0.2) is 0 Å². The van der Waals surface area contributed by atoms with Crippen LogP contribution in [0.1, 0.15) is 22.3 Å². The summed E-state index contributed by atoms with van der Waals surface area (Å²) < 4.78 is 12.0. The van der Waals surface area contributed by atoms with E-state index in [1.165, 1.54) is 0 Å². The molecule has 0 fully saturated rings. The van der Waals surface area contributed by atoms with Crippen LogP contribution < -0.4 is 24.6 Å². The molecule has 8 aromatic carbocycles. The molecular weight excluding hydrogens is 839 g/mol. The Balaban J connectivity index is 0.870. The van der Waals surface area contributed by atoms with E-state index in [4.69, 9.17) is 19.5 Å². The maximum Gasteiger partial charge on any atom is 0.282 e. The van der Waals surface area contributed by atoms with Gasteiger partial charge in [0.2, 0.25) is 0 Å². The summed E-state index contributed by atoms with van der Waals surface area (Å²) in [7, 11) is 0. The highest BCUT2D eigenvalue weighted by Crippen LogP contribution is 2.48. The smallest absolute Gasteiger partial charge is 0.282 e. The van der Waals surface area contributed by atoms with Gasteiger partial charge in [-0.05, 0) is 108 Å². The molecule has 1 N–H and O–H groups in total. The van der Waals surface area contributed by atoms with Crippen molar-refractivity contribution in [1.82, 2.24) is 0 Å². The van der Waals surface area contributed by atoms with E-state index >= 15 is 0 Å². The second-order valence-electron chi connectivity index (χ2n) is 15.5. The zero-order valence-corrected chi connectivity index (χ0v) is 35.9. The van der Waals surface area contributed by atoms with Gasteiger partial charge >= 0.3 is 0 Å². The largest absolute Gasteiger partial charge is 0.457 e. The molecule has 10 heteroatoms. The van der Waals surface area contributed by atoms with E-state index in [9.17, 15) is 9.59 Å². The molecule has 66 heavy (non-hydrogen) atoms.